The molecule has 134 valence electrons. The molecule has 0 saturated heterocycles. The standard InChI is InChI=1S/C19H25N3O3/c1-13(2)20-18(24)12-21(4)19(25)11-17-16-8-6-5-7-15(16)9-10-22(17)14(3)23/h5-10,13,17H,11-12H2,1-4H3,(H,20,24)/t17-/m0/s1. The molecule has 1 aromatic rings. The van der Waals surface area contributed by atoms with Crippen LogP contribution in [0.3, 0.4) is 0 Å². The van der Waals surface area contributed by atoms with Crippen LogP contribution in [0.5, 0.6) is 0 Å². The van der Waals surface area contributed by atoms with Crippen LogP contribution in [0.1, 0.15) is 44.4 Å². The number of carbonyl (C=O) groups excluding carboxylic acids is 3. The van der Waals surface area contributed by atoms with Crippen LogP contribution < -0.4 is 5.32 Å². The highest BCUT2D eigenvalue weighted by Crippen LogP contribution is 2.33. The number of nitrogens with one attached hydrogen (secondary N) is 1. The Hall–Kier alpha value is -2.63. The molecule has 1 atom stereocenters. The van der Waals surface area contributed by atoms with Gasteiger partial charge in [-0.3, -0.25) is 14.4 Å². The van der Waals surface area contributed by atoms with Crippen LogP contribution in [0.2, 0.25) is 0 Å². The van der Waals surface area contributed by atoms with Gasteiger partial charge < -0.3 is 15.1 Å². The second-order valence-corrected chi connectivity index (χ2v) is 6.56. The first-order chi connectivity index (χ1) is 11.8. The zero-order valence-electron chi connectivity index (χ0n) is 15.2. The summed E-state index contributed by atoms with van der Waals surface area (Å²) in [5.74, 6) is -0.498. The molecule has 0 aliphatic carbocycles. The van der Waals surface area contributed by atoms with Crippen LogP contribution in [0.15, 0.2) is 30.5 Å². The monoisotopic (exact) mass is 343 g/mol. The lowest BCUT2D eigenvalue weighted by atomic mass is 9.93. The second-order valence-electron chi connectivity index (χ2n) is 6.56. The van der Waals surface area contributed by atoms with E-state index >= 15 is 0 Å². The van der Waals surface area contributed by atoms with Crippen molar-refractivity contribution in [1.29, 1.82) is 0 Å². The van der Waals surface area contributed by atoms with Crippen LogP contribution in [0.25, 0.3) is 6.08 Å². The summed E-state index contributed by atoms with van der Waals surface area (Å²) in [6, 6.07) is 7.38. The molecule has 6 nitrogen and oxygen atoms in total. The number of fused-ring (bicyclic) bond motifs is 1. The minimum atomic E-state index is -0.359. The van der Waals surface area contributed by atoms with Crippen LogP contribution in [0, 0.1) is 0 Å². The van der Waals surface area contributed by atoms with Gasteiger partial charge >= 0.3 is 0 Å². The zero-order chi connectivity index (χ0) is 18.6. The van der Waals surface area contributed by atoms with Crippen molar-refractivity contribution < 1.29 is 14.4 Å². The summed E-state index contributed by atoms with van der Waals surface area (Å²) in [4.78, 5) is 39.4. The van der Waals surface area contributed by atoms with Crippen molar-refractivity contribution in [3.05, 3.63) is 41.6 Å². The Kier molecular flexibility index (Phi) is 5.96. The third-order valence-corrected chi connectivity index (χ3v) is 4.09. The molecule has 1 heterocycles. The lowest BCUT2D eigenvalue weighted by Crippen LogP contribution is -2.42. The van der Waals surface area contributed by atoms with E-state index in [0.29, 0.717) is 0 Å². The maximum atomic E-state index is 12.6. The smallest absolute Gasteiger partial charge is 0.239 e. The molecule has 0 bridgehead atoms. The summed E-state index contributed by atoms with van der Waals surface area (Å²) < 4.78 is 0. The summed E-state index contributed by atoms with van der Waals surface area (Å²) in [5.41, 5.74) is 1.94. The van der Waals surface area contributed by atoms with E-state index in [1.165, 1.54) is 11.8 Å². The van der Waals surface area contributed by atoms with Crippen molar-refractivity contribution in [3.8, 4) is 0 Å². The van der Waals surface area contributed by atoms with E-state index < -0.39 is 0 Å². The molecule has 0 spiro atoms. The third kappa shape index (κ3) is 4.68. The molecule has 0 fully saturated rings. The van der Waals surface area contributed by atoms with E-state index in [0.717, 1.165) is 11.1 Å². The molecular weight excluding hydrogens is 318 g/mol. The average molecular weight is 343 g/mol. The molecule has 0 aromatic heterocycles. The van der Waals surface area contributed by atoms with Gasteiger partial charge in [0.2, 0.25) is 17.7 Å². The maximum absolute atomic E-state index is 12.6. The number of likely N-dealkylation sites (N-methyl/N-ethyl adjacent to an activating group) is 1. The fraction of sp³-hybridized carbons (Fsp3) is 0.421. The van der Waals surface area contributed by atoms with Gasteiger partial charge in [0.05, 0.1) is 19.0 Å². The van der Waals surface area contributed by atoms with Gasteiger partial charge in [-0.15, -0.1) is 0 Å². The predicted molar refractivity (Wildman–Crippen MR) is 96.3 cm³/mol. The molecular formula is C19H25N3O3. The van der Waals surface area contributed by atoms with Gasteiger partial charge in [-0.25, -0.2) is 0 Å². The first-order valence-corrected chi connectivity index (χ1v) is 8.39. The number of carbonyl (C=O) groups is 3. The first kappa shape index (κ1) is 18.7. The Morgan fingerprint density at radius 2 is 1.92 bits per heavy atom. The largest absolute Gasteiger partial charge is 0.352 e. The van der Waals surface area contributed by atoms with Crippen LogP contribution in [0.4, 0.5) is 0 Å². The van der Waals surface area contributed by atoms with E-state index in [4.69, 9.17) is 0 Å². The Balaban J connectivity index is 2.12. The highest BCUT2D eigenvalue weighted by Gasteiger charge is 2.29. The highest BCUT2D eigenvalue weighted by atomic mass is 16.2. The lowest BCUT2D eigenvalue weighted by molar-refractivity contribution is -0.137. The van der Waals surface area contributed by atoms with Gasteiger partial charge in [0.15, 0.2) is 0 Å². The van der Waals surface area contributed by atoms with Crippen LogP contribution in [-0.2, 0) is 14.4 Å². The number of nitrogens with zero attached hydrogens (tertiary/aromatic N) is 2. The molecule has 6 heteroatoms. The molecule has 0 radical (unpaired) electrons. The van der Waals surface area contributed by atoms with Crippen molar-refractivity contribution in [3.63, 3.8) is 0 Å². The molecule has 2 rings (SSSR count). The van der Waals surface area contributed by atoms with E-state index in [1.54, 1.807) is 18.1 Å². The minimum absolute atomic E-state index is 0.00128. The number of rotatable bonds is 5. The Morgan fingerprint density at radius 3 is 2.56 bits per heavy atom. The summed E-state index contributed by atoms with van der Waals surface area (Å²) in [7, 11) is 1.60. The van der Waals surface area contributed by atoms with Crippen molar-refractivity contribution >= 4 is 23.8 Å². The number of benzene rings is 1. The van der Waals surface area contributed by atoms with E-state index in [9.17, 15) is 14.4 Å². The average Bonchev–Trinajstić information content (AvgIpc) is 2.53. The first-order valence-electron chi connectivity index (χ1n) is 8.39. The van der Waals surface area contributed by atoms with Crippen molar-refractivity contribution in [2.45, 2.75) is 39.3 Å². The summed E-state index contributed by atoms with van der Waals surface area (Å²) in [6.07, 6.45) is 3.72. The quantitative estimate of drug-likeness (QED) is 0.888. The number of hydrogen-bond acceptors (Lipinski definition) is 3. The van der Waals surface area contributed by atoms with Crippen LogP contribution in [-0.4, -0.2) is 47.2 Å². The fourth-order valence-corrected chi connectivity index (χ4v) is 2.91. The molecule has 1 aromatic carbocycles. The molecule has 1 N–H and O–H groups in total. The fourth-order valence-electron chi connectivity index (χ4n) is 2.91. The number of hydrogen-bond donors (Lipinski definition) is 1. The van der Waals surface area contributed by atoms with Gasteiger partial charge in [0, 0.05) is 26.2 Å². The van der Waals surface area contributed by atoms with Gasteiger partial charge in [-0.05, 0) is 31.1 Å². The van der Waals surface area contributed by atoms with Gasteiger partial charge in [-0.2, -0.15) is 0 Å². The molecule has 0 saturated carbocycles. The van der Waals surface area contributed by atoms with Crippen LogP contribution >= 0.6 is 0 Å². The lowest BCUT2D eigenvalue weighted by Gasteiger charge is -2.33. The molecule has 0 unspecified atom stereocenters. The number of amides is 3. The van der Waals surface area contributed by atoms with E-state index in [-0.39, 0.29) is 42.8 Å². The highest BCUT2D eigenvalue weighted by molar-refractivity contribution is 5.86. The van der Waals surface area contributed by atoms with Crippen molar-refractivity contribution in [2.24, 2.45) is 0 Å². The summed E-state index contributed by atoms with van der Waals surface area (Å²) >= 11 is 0. The maximum Gasteiger partial charge on any atom is 0.239 e. The van der Waals surface area contributed by atoms with Crippen molar-refractivity contribution in [1.82, 2.24) is 15.1 Å². The van der Waals surface area contributed by atoms with Gasteiger partial charge in [0.25, 0.3) is 0 Å². The van der Waals surface area contributed by atoms with Gasteiger partial charge in [-0.1, -0.05) is 24.3 Å². The van der Waals surface area contributed by atoms with Crippen molar-refractivity contribution in [2.75, 3.05) is 13.6 Å². The van der Waals surface area contributed by atoms with E-state index in [2.05, 4.69) is 5.32 Å². The zero-order valence-corrected chi connectivity index (χ0v) is 15.2. The minimum Gasteiger partial charge on any atom is -0.352 e. The molecule has 1 aliphatic heterocycles. The Bertz CT molecular complexity index is 697. The SMILES string of the molecule is CC(=O)N1C=Cc2ccccc2[C@@H]1CC(=O)N(C)CC(=O)NC(C)C. The predicted octanol–water partition coefficient (Wildman–Crippen LogP) is 1.93. The normalized spacial score (nSPS) is 15.7. The topological polar surface area (TPSA) is 69.7 Å². The Labute approximate surface area is 148 Å². The molecule has 25 heavy (non-hydrogen) atoms. The Morgan fingerprint density at radius 1 is 1.24 bits per heavy atom. The second kappa shape index (κ2) is 7.96. The van der Waals surface area contributed by atoms with Gasteiger partial charge in [0.1, 0.15) is 0 Å². The summed E-state index contributed by atoms with van der Waals surface area (Å²) in [6.45, 7) is 5.22. The van der Waals surface area contributed by atoms with E-state index in [1.807, 2.05) is 44.2 Å². The molecule has 1 aliphatic rings. The molecule has 3 amide bonds. The third-order valence-electron chi connectivity index (χ3n) is 4.09. The summed E-state index contributed by atoms with van der Waals surface area (Å²) in [5, 5.41) is 2.77.